The monoisotopic (exact) mass is 347 g/mol. The first-order chi connectivity index (χ1) is 11.5. The molecule has 0 spiro atoms. The Hall–Kier alpha value is -2.34. The van der Waals surface area contributed by atoms with Crippen LogP contribution in [0.4, 0.5) is 5.69 Å². The van der Waals surface area contributed by atoms with Crippen molar-refractivity contribution in [2.24, 2.45) is 0 Å². The predicted octanol–water partition coefficient (Wildman–Crippen LogP) is 3.02. The highest BCUT2D eigenvalue weighted by molar-refractivity contribution is 6.31. The average molecular weight is 348 g/mol. The molecule has 0 radical (unpaired) electrons. The van der Waals surface area contributed by atoms with Crippen LogP contribution in [0.15, 0.2) is 24.4 Å². The van der Waals surface area contributed by atoms with Gasteiger partial charge in [0.2, 0.25) is 5.91 Å². The summed E-state index contributed by atoms with van der Waals surface area (Å²) < 4.78 is 6.61. The van der Waals surface area contributed by atoms with E-state index in [2.05, 4.69) is 5.10 Å². The third-order valence-electron chi connectivity index (χ3n) is 3.94. The Morgan fingerprint density at radius 3 is 2.83 bits per heavy atom. The maximum atomic E-state index is 12.3. The molecule has 1 amide bonds. The van der Waals surface area contributed by atoms with Gasteiger partial charge in [0.25, 0.3) is 0 Å². The molecule has 7 heteroatoms. The molecule has 0 unspecified atom stereocenters. The second-order valence-corrected chi connectivity index (χ2v) is 5.91. The molecule has 2 aromatic rings. The smallest absolute Gasteiger partial charge is 0.327 e. The average Bonchev–Trinajstić information content (AvgIpc) is 2.96. The molecular weight excluding hydrogens is 330 g/mol. The van der Waals surface area contributed by atoms with E-state index in [0.29, 0.717) is 24.6 Å². The van der Waals surface area contributed by atoms with Crippen molar-refractivity contribution in [3.05, 3.63) is 35.0 Å². The number of carbonyl (C=O) groups is 2. The Balaban J connectivity index is 2.07. The summed E-state index contributed by atoms with van der Waals surface area (Å²) in [4.78, 5) is 25.8. The van der Waals surface area contributed by atoms with Crippen LogP contribution in [0.25, 0.3) is 11.3 Å². The van der Waals surface area contributed by atoms with Crippen molar-refractivity contribution in [1.82, 2.24) is 9.78 Å². The lowest BCUT2D eigenvalue weighted by Gasteiger charge is -2.30. The van der Waals surface area contributed by atoms with Crippen molar-refractivity contribution in [3.8, 4) is 11.3 Å². The third-order valence-corrected chi connectivity index (χ3v) is 4.17. The van der Waals surface area contributed by atoms with Crippen LogP contribution in [0.1, 0.15) is 25.8 Å². The van der Waals surface area contributed by atoms with Crippen LogP contribution >= 0.6 is 11.6 Å². The van der Waals surface area contributed by atoms with E-state index in [1.807, 2.05) is 13.0 Å². The molecule has 1 aromatic heterocycles. The third kappa shape index (κ3) is 2.89. The van der Waals surface area contributed by atoms with E-state index in [4.69, 9.17) is 16.3 Å². The van der Waals surface area contributed by atoms with Crippen molar-refractivity contribution in [2.45, 2.75) is 33.4 Å². The Morgan fingerprint density at radius 1 is 1.33 bits per heavy atom. The van der Waals surface area contributed by atoms with Crippen molar-refractivity contribution in [2.75, 3.05) is 11.5 Å². The predicted molar refractivity (Wildman–Crippen MR) is 90.8 cm³/mol. The zero-order valence-corrected chi connectivity index (χ0v) is 14.3. The summed E-state index contributed by atoms with van der Waals surface area (Å²) in [6.07, 6.45) is 2.10. The Kier molecular flexibility index (Phi) is 4.57. The van der Waals surface area contributed by atoms with E-state index >= 15 is 0 Å². The van der Waals surface area contributed by atoms with Crippen molar-refractivity contribution in [1.29, 1.82) is 0 Å². The molecule has 1 aromatic carbocycles. The lowest BCUT2D eigenvalue weighted by Crippen LogP contribution is -2.32. The van der Waals surface area contributed by atoms with Gasteiger partial charge in [-0.3, -0.25) is 14.3 Å². The summed E-state index contributed by atoms with van der Waals surface area (Å²) >= 11 is 6.15. The highest BCUT2D eigenvalue weighted by Gasteiger charge is 2.29. The summed E-state index contributed by atoms with van der Waals surface area (Å²) in [5, 5.41) is 4.87. The highest BCUT2D eigenvalue weighted by Crippen LogP contribution is 2.40. The quantitative estimate of drug-likeness (QED) is 0.797. The molecule has 6 nitrogen and oxygen atoms in total. The summed E-state index contributed by atoms with van der Waals surface area (Å²) in [6.45, 7) is 4.37. The number of fused-ring (bicyclic) bond motifs is 3. The Morgan fingerprint density at radius 2 is 2.12 bits per heavy atom. The number of halogens is 1. The van der Waals surface area contributed by atoms with Crippen LogP contribution in [0, 0.1) is 0 Å². The standard InChI is InChI=1S/C17H18ClN3O3/c1-3-15(22)20-9-11-8-19-21(10-16(23)24-4-2)17(11)13-7-12(18)5-6-14(13)20/h5-8H,3-4,9-10H2,1-2H3. The van der Waals surface area contributed by atoms with Gasteiger partial charge in [-0.25, -0.2) is 0 Å². The number of amides is 1. The topological polar surface area (TPSA) is 64.4 Å². The summed E-state index contributed by atoms with van der Waals surface area (Å²) in [7, 11) is 0. The number of hydrogen-bond donors (Lipinski definition) is 0. The number of nitrogens with zero attached hydrogens (tertiary/aromatic N) is 3. The lowest BCUT2D eigenvalue weighted by atomic mass is 9.99. The van der Waals surface area contributed by atoms with Crippen LogP contribution < -0.4 is 4.90 Å². The van der Waals surface area contributed by atoms with Gasteiger partial charge in [0.05, 0.1) is 30.7 Å². The Labute approximate surface area is 145 Å². The van der Waals surface area contributed by atoms with Crippen LogP contribution in [-0.2, 0) is 27.4 Å². The number of aromatic nitrogens is 2. The number of hydrogen-bond acceptors (Lipinski definition) is 4. The number of anilines is 1. The molecule has 0 N–H and O–H groups in total. The molecule has 2 heterocycles. The molecule has 1 aliphatic heterocycles. The Bertz CT molecular complexity index is 800. The van der Waals surface area contributed by atoms with Crippen LogP contribution in [-0.4, -0.2) is 28.3 Å². The summed E-state index contributed by atoms with van der Waals surface area (Å²) in [5.41, 5.74) is 3.27. The largest absolute Gasteiger partial charge is 0.465 e. The van der Waals surface area contributed by atoms with E-state index in [1.165, 1.54) is 0 Å². The van der Waals surface area contributed by atoms with Crippen molar-refractivity contribution < 1.29 is 14.3 Å². The number of esters is 1. The molecule has 0 bridgehead atoms. The minimum atomic E-state index is -0.348. The van der Waals surface area contributed by atoms with Gasteiger partial charge in [-0.2, -0.15) is 5.10 Å². The minimum absolute atomic E-state index is 0.0247. The first kappa shape index (κ1) is 16.5. The van der Waals surface area contributed by atoms with Crippen LogP contribution in [0.5, 0.6) is 0 Å². The first-order valence-corrected chi connectivity index (χ1v) is 8.23. The number of ether oxygens (including phenoxy) is 1. The second kappa shape index (κ2) is 6.65. The van der Waals surface area contributed by atoms with Crippen molar-refractivity contribution in [3.63, 3.8) is 0 Å². The van der Waals surface area contributed by atoms with Crippen LogP contribution in [0.3, 0.4) is 0 Å². The van der Waals surface area contributed by atoms with Crippen LogP contribution in [0.2, 0.25) is 5.02 Å². The van der Waals surface area contributed by atoms with E-state index in [9.17, 15) is 9.59 Å². The van der Waals surface area contributed by atoms with E-state index in [0.717, 1.165) is 22.5 Å². The van der Waals surface area contributed by atoms with Gasteiger partial charge >= 0.3 is 5.97 Å². The summed E-state index contributed by atoms with van der Waals surface area (Å²) in [5.74, 6) is -0.318. The lowest BCUT2D eigenvalue weighted by molar-refractivity contribution is -0.144. The fourth-order valence-corrected chi connectivity index (χ4v) is 3.07. The second-order valence-electron chi connectivity index (χ2n) is 5.48. The minimum Gasteiger partial charge on any atom is -0.465 e. The normalized spacial score (nSPS) is 12.5. The number of benzene rings is 1. The van der Waals surface area contributed by atoms with Gasteiger partial charge < -0.3 is 9.64 Å². The van der Waals surface area contributed by atoms with Gasteiger partial charge in [0.1, 0.15) is 6.54 Å². The maximum absolute atomic E-state index is 12.3. The number of rotatable bonds is 4. The van der Waals surface area contributed by atoms with Crippen molar-refractivity contribution >= 4 is 29.2 Å². The fraction of sp³-hybridized carbons (Fsp3) is 0.353. The highest BCUT2D eigenvalue weighted by atomic mass is 35.5. The van der Waals surface area contributed by atoms with Gasteiger partial charge in [-0.15, -0.1) is 0 Å². The molecule has 0 saturated carbocycles. The number of carbonyl (C=O) groups excluding carboxylic acids is 2. The molecule has 0 fully saturated rings. The molecule has 3 rings (SSSR count). The van der Waals surface area contributed by atoms with Gasteiger partial charge in [0.15, 0.2) is 0 Å². The molecule has 24 heavy (non-hydrogen) atoms. The maximum Gasteiger partial charge on any atom is 0.327 e. The first-order valence-electron chi connectivity index (χ1n) is 7.85. The molecule has 0 aliphatic carbocycles. The van der Waals surface area contributed by atoms with Gasteiger partial charge in [-0.1, -0.05) is 18.5 Å². The molecule has 126 valence electrons. The van der Waals surface area contributed by atoms with E-state index in [-0.39, 0.29) is 18.4 Å². The zero-order chi connectivity index (χ0) is 17.3. The van der Waals surface area contributed by atoms with E-state index < -0.39 is 0 Å². The SMILES string of the molecule is CCOC(=O)Cn1ncc2c1-c1cc(Cl)ccc1N(C(=O)CC)C2. The van der Waals surface area contributed by atoms with Gasteiger partial charge in [0, 0.05) is 22.6 Å². The molecule has 0 atom stereocenters. The summed E-state index contributed by atoms with van der Waals surface area (Å²) in [6, 6.07) is 5.39. The molecule has 0 saturated heterocycles. The van der Waals surface area contributed by atoms with E-state index in [1.54, 1.807) is 34.8 Å². The van der Waals surface area contributed by atoms with Gasteiger partial charge in [-0.05, 0) is 25.1 Å². The zero-order valence-electron chi connectivity index (χ0n) is 13.6. The molecular formula is C17H18ClN3O3. The molecule has 1 aliphatic rings. The fourth-order valence-electron chi connectivity index (χ4n) is 2.90.